The van der Waals surface area contributed by atoms with E-state index in [1.54, 1.807) is 36.5 Å². The summed E-state index contributed by atoms with van der Waals surface area (Å²) >= 11 is 0. The fraction of sp³-hybridized carbons (Fsp3) is 0.250. The fourth-order valence-corrected chi connectivity index (χ4v) is 3.54. The van der Waals surface area contributed by atoms with Gasteiger partial charge in [-0.3, -0.25) is 4.79 Å². The SMILES string of the molecule is CN1CCN(C(=O)COc2ccc(Oc3ccccn3)cc2)[C@H](c2ccccc2)C1. The first-order chi connectivity index (χ1) is 14.7. The number of carbonyl (C=O) groups excluding carboxylic acids is 1. The number of pyridine rings is 1. The van der Waals surface area contributed by atoms with E-state index >= 15 is 0 Å². The van der Waals surface area contributed by atoms with E-state index in [0.717, 1.165) is 18.7 Å². The smallest absolute Gasteiger partial charge is 0.261 e. The highest BCUT2D eigenvalue weighted by Crippen LogP contribution is 2.26. The molecule has 1 aliphatic heterocycles. The molecular weight excluding hydrogens is 378 g/mol. The van der Waals surface area contributed by atoms with Crippen LogP contribution in [0, 0.1) is 0 Å². The van der Waals surface area contributed by atoms with Gasteiger partial charge in [-0.25, -0.2) is 4.98 Å². The number of hydrogen-bond donors (Lipinski definition) is 0. The Labute approximate surface area is 176 Å². The maximum Gasteiger partial charge on any atom is 0.261 e. The van der Waals surface area contributed by atoms with Crippen molar-refractivity contribution < 1.29 is 14.3 Å². The van der Waals surface area contributed by atoms with Crippen molar-refractivity contribution in [2.45, 2.75) is 6.04 Å². The second-order valence-electron chi connectivity index (χ2n) is 7.31. The van der Waals surface area contributed by atoms with Crippen LogP contribution in [-0.2, 0) is 4.79 Å². The van der Waals surface area contributed by atoms with Gasteiger partial charge in [0.15, 0.2) is 6.61 Å². The van der Waals surface area contributed by atoms with Gasteiger partial charge in [-0.2, -0.15) is 0 Å². The van der Waals surface area contributed by atoms with Crippen molar-refractivity contribution in [1.82, 2.24) is 14.8 Å². The Morgan fingerprint density at radius 3 is 2.43 bits per heavy atom. The molecule has 0 bridgehead atoms. The van der Waals surface area contributed by atoms with Crippen LogP contribution in [0.3, 0.4) is 0 Å². The number of benzene rings is 2. The van der Waals surface area contributed by atoms with E-state index in [1.807, 2.05) is 35.2 Å². The number of rotatable bonds is 6. The lowest BCUT2D eigenvalue weighted by Crippen LogP contribution is -2.50. The lowest BCUT2D eigenvalue weighted by atomic mass is 10.0. The molecule has 1 fully saturated rings. The summed E-state index contributed by atoms with van der Waals surface area (Å²) in [6, 6.07) is 22.9. The summed E-state index contributed by atoms with van der Waals surface area (Å²) in [4.78, 5) is 21.2. The van der Waals surface area contributed by atoms with E-state index < -0.39 is 0 Å². The van der Waals surface area contributed by atoms with Crippen LogP contribution in [0.25, 0.3) is 0 Å². The van der Waals surface area contributed by atoms with E-state index in [-0.39, 0.29) is 18.6 Å². The normalized spacial score (nSPS) is 16.8. The van der Waals surface area contributed by atoms with Crippen molar-refractivity contribution in [2.24, 2.45) is 0 Å². The molecule has 2 heterocycles. The minimum atomic E-state index is -0.00855. The first kappa shape index (κ1) is 19.9. The van der Waals surface area contributed by atoms with Gasteiger partial charge in [-0.05, 0) is 42.9 Å². The van der Waals surface area contributed by atoms with E-state index in [0.29, 0.717) is 23.9 Å². The number of ether oxygens (including phenoxy) is 2. The van der Waals surface area contributed by atoms with Gasteiger partial charge < -0.3 is 19.3 Å². The molecule has 0 unspecified atom stereocenters. The van der Waals surface area contributed by atoms with Crippen LogP contribution in [0.2, 0.25) is 0 Å². The van der Waals surface area contributed by atoms with Gasteiger partial charge in [0.25, 0.3) is 5.91 Å². The molecule has 4 rings (SSSR count). The van der Waals surface area contributed by atoms with Crippen LogP contribution in [-0.4, -0.2) is 54.0 Å². The zero-order valence-corrected chi connectivity index (χ0v) is 17.0. The molecular formula is C24H25N3O3. The lowest BCUT2D eigenvalue weighted by molar-refractivity contribution is -0.138. The monoisotopic (exact) mass is 403 g/mol. The average Bonchev–Trinajstić information content (AvgIpc) is 2.79. The molecule has 1 saturated heterocycles. The van der Waals surface area contributed by atoms with E-state index in [1.165, 1.54) is 0 Å². The standard InChI is InChI=1S/C24H25N3O3/c1-26-15-16-27(22(17-26)19-7-3-2-4-8-19)24(28)18-29-20-10-12-21(13-11-20)30-23-9-5-6-14-25-23/h2-14,22H,15-18H2,1H3/t22-/m0/s1. The molecule has 0 N–H and O–H groups in total. The molecule has 6 nitrogen and oxygen atoms in total. The van der Waals surface area contributed by atoms with Crippen molar-refractivity contribution in [2.75, 3.05) is 33.3 Å². The van der Waals surface area contributed by atoms with Gasteiger partial charge >= 0.3 is 0 Å². The third kappa shape index (κ3) is 4.96. The number of hydrogen-bond acceptors (Lipinski definition) is 5. The topological polar surface area (TPSA) is 54.9 Å². The van der Waals surface area contributed by atoms with E-state index in [9.17, 15) is 4.79 Å². The summed E-state index contributed by atoms with van der Waals surface area (Å²) in [6.45, 7) is 2.37. The number of aromatic nitrogens is 1. The van der Waals surface area contributed by atoms with E-state index in [2.05, 4.69) is 29.1 Å². The zero-order valence-electron chi connectivity index (χ0n) is 17.0. The minimum absolute atomic E-state index is 0.00743. The summed E-state index contributed by atoms with van der Waals surface area (Å²) in [5, 5.41) is 0. The zero-order chi connectivity index (χ0) is 20.8. The third-order valence-electron chi connectivity index (χ3n) is 5.13. The van der Waals surface area contributed by atoms with Gasteiger partial charge in [-0.1, -0.05) is 36.4 Å². The Balaban J connectivity index is 1.36. The maximum absolute atomic E-state index is 12.9. The Morgan fingerprint density at radius 2 is 1.70 bits per heavy atom. The van der Waals surface area contributed by atoms with Gasteiger partial charge in [0.2, 0.25) is 5.88 Å². The van der Waals surface area contributed by atoms with Crippen molar-refractivity contribution in [3.05, 3.63) is 84.6 Å². The van der Waals surface area contributed by atoms with Crippen molar-refractivity contribution >= 4 is 5.91 Å². The highest BCUT2D eigenvalue weighted by atomic mass is 16.5. The van der Waals surface area contributed by atoms with Crippen LogP contribution in [0.1, 0.15) is 11.6 Å². The molecule has 0 spiro atoms. The number of piperazine rings is 1. The van der Waals surface area contributed by atoms with Crippen LogP contribution in [0.4, 0.5) is 0 Å². The molecule has 0 aliphatic carbocycles. The summed E-state index contributed by atoms with van der Waals surface area (Å²) in [5.74, 6) is 1.81. The second kappa shape index (κ2) is 9.41. The van der Waals surface area contributed by atoms with Gasteiger partial charge in [0.1, 0.15) is 11.5 Å². The molecule has 1 amide bonds. The van der Waals surface area contributed by atoms with Crippen molar-refractivity contribution in [3.63, 3.8) is 0 Å². The third-order valence-corrected chi connectivity index (χ3v) is 5.13. The first-order valence-corrected chi connectivity index (χ1v) is 10.0. The van der Waals surface area contributed by atoms with Crippen molar-refractivity contribution in [1.29, 1.82) is 0 Å². The molecule has 1 aliphatic rings. The Bertz CT molecular complexity index is 948. The highest BCUT2D eigenvalue weighted by molar-refractivity contribution is 5.78. The number of likely N-dealkylation sites (N-methyl/N-ethyl adjacent to an activating group) is 1. The molecule has 6 heteroatoms. The Hall–Kier alpha value is -3.38. The van der Waals surface area contributed by atoms with Crippen LogP contribution in [0.5, 0.6) is 17.4 Å². The van der Waals surface area contributed by atoms with Gasteiger partial charge in [0, 0.05) is 31.9 Å². The second-order valence-corrected chi connectivity index (χ2v) is 7.31. The molecule has 0 radical (unpaired) electrons. The highest BCUT2D eigenvalue weighted by Gasteiger charge is 2.30. The molecule has 0 saturated carbocycles. The van der Waals surface area contributed by atoms with E-state index in [4.69, 9.17) is 9.47 Å². The molecule has 154 valence electrons. The molecule has 1 atom stereocenters. The van der Waals surface area contributed by atoms with Crippen LogP contribution >= 0.6 is 0 Å². The van der Waals surface area contributed by atoms with Crippen molar-refractivity contribution in [3.8, 4) is 17.4 Å². The molecule has 3 aromatic rings. The molecule has 1 aromatic heterocycles. The molecule has 2 aromatic carbocycles. The van der Waals surface area contributed by atoms with Gasteiger partial charge in [0.05, 0.1) is 6.04 Å². The number of amides is 1. The van der Waals surface area contributed by atoms with Gasteiger partial charge in [-0.15, -0.1) is 0 Å². The average molecular weight is 403 g/mol. The predicted molar refractivity (Wildman–Crippen MR) is 115 cm³/mol. The fourth-order valence-electron chi connectivity index (χ4n) is 3.54. The molecule has 30 heavy (non-hydrogen) atoms. The Kier molecular flexibility index (Phi) is 6.25. The number of carbonyl (C=O) groups is 1. The maximum atomic E-state index is 12.9. The summed E-state index contributed by atoms with van der Waals surface area (Å²) in [7, 11) is 2.09. The quantitative estimate of drug-likeness (QED) is 0.627. The Morgan fingerprint density at radius 1 is 0.967 bits per heavy atom. The lowest BCUT2D eigenvalue weighted by Gasteiger charge is -2.40. The minimum Gasteiger partial charge on any atom is -0.484 e. The summed E-state index contributed by atoms with van der Waals surface area (Å²) < 4.78 is 11.4. The number of nitrogens with zero attached hydrogens (tertiary/aromatic N) is 3. The largest absolute Gasteiger partial charge is 0.484 e. The summed E-state index contributed by atoms with van der Waals surface area (Å²) in [6.07, 6.45) is 1.68. The predicted octanol–water partition coefficient (Wildman–Crippen LogP) is 3.77. The summed E-state index contributed by atoms with van der Waals surface area (Å²) in [5.41, 5.74) is 1.15. The first-order valence-electron chi connectivity index (χ1n) is 10.0. The van der Waals surface area contributed by atoms with Crippen LogP contribution < -0.4 is 9.47 Å². The van der Waals surface area contributed by atoms with Crippen LogP contribution in [0.15, 0.2) is 79.0 Å².